The normalized spacial score (nSPS) is 11.4. The number of benzene rings is 2. The number of rotatable bonds is 0. The van der Waals surface area contributed by atoms with Gasteiger partial charge in [-0.05, 0) is 17.5 Å². The van der Waals surface area contributed by atoms with Gasteiger partial charge in [0.15, 0.2) is 0 Å². The molecule has 0 aliphatic carbocycles. The summed E-state index contributed by atoms with van der Waals surface area (Å²) in [6, 6.07) is 13.6. The molecule has 90 valence electrons. The Balaban J connectivity index is 2.37. The number of hydrogen-bond acceptors (Lipinski definition) is 3. The van der Waals surface area contributed by atoms with Crippen molar-refractivity contribution in [1.82, 2.24) is 4.98 Å². The van der Waals surface area contributed by atoms with Gasteiger partial charge in [-0.25, -0.2) is 4.79 Å². The Morgan fingerprint density at radius 2 is 1.74 bits per heavy atom. The molecular weight excluding hydrogens is 238 g/mol. The second-order valence-corrected chi connectivity index (χ2v) is 4.47. The topological polar surface area (TPSA) is 43.1 Å². The molecule has 0 aliphatic heterocycles. The van der Waals surface area contributed by atoms with Crippen molar-refractivity contribution >= 4 is 32.5 Å². The van der Waals surface area contributed by atoms with Gasteiger partial charge in [0.05, 0.1) is 5.39 Å². The third-order valence-electron chi connectivity index (χ3n) is 3.41. The zero-order valence-electron chi connectivity index (χ0n) is 9.96. The highest BCUT2D eigenvalue weighted by Gasteiger charge is 2.09. The van der Waals surface area contributed by atoms with Gasteiger partial charge in [0.25, 0.3) is 0 Å². The van der Waals surface area contributed by atoms with Crippen molar-refractivity contribution in [3.05, 3.63) is 65.3 Å². The molecule has 0 bridgehead atoms. The van der Waals surface area contributed by atoms with E-state index in [-0.39, 0.29) is 5.63 Å². The van der Waals surface area contributed by atoms with Crippen LogP contribution in [0, 0.1) is 0 Å². The summed E-state index contributed by atoms with van der Waals surface area (Å²) in [5, 5.41) is 4.32. The van der Waals surface area contributed by atoms with Gasteiger partial charge in [0.2, 0.25) is 0 Å². The molecule has 0 aliphatic rings. The lowest BCUT2D eigenvalue weighted by Crippen LogP contribution is -2.00. The molecule has 19 heavy (non-hydrogen) atoms. The van der Waals surface area contributed by atoms with Crippen molar-refractivity contribution in [3.63, 3.8) is 0 Å². The number of fused-ring (bicyclic) bond motifs is 5. The van der Waals surface area contributed by atoms with E-state index in [4.69, 9.17) is 4.42 Å². The molecule has 0 saturated carbocycles. The van der Waals surface area contributed by atoms with E-state index in [0.29, 0.717) is 11.0 Å². The van der Waals surface area contributed by atoms with Crippen molar-refractivity contribution in [2.45, 2.75) is 0 Å². The van der Waals surface area contributed by atoms with Gasteiger partial charge in [0.1, 0.15) is 5.58 Å². The van der Waals surface area contributed by atoms with E-state index < -0.39 is 0 Å². The molecule has 0 amide bonds. The fourth-order valence-electron chi connectivity index (χ4n) is 2.50. The Morgan fingerprint density at radius 1 is 0.842 bits per heavy atom. The third kappa shape index (κ3) is 1.38. The molecular formula is C16H9NO2. The van der Waals surface area contributed by atoms with Gasteiger partial charge < -0.3 is 4.42 Å². The van der Waals surface area contributed by atoms with Crippen LogP contribution in [0.25, 0.3) is 32.5 Å². The van der Waals surface area contributed by atoms with Gasteiger partial charge >= 0.3 is 5.63 Å². The predicted octanol–water partition coefficient (Wildman–Crippen LogP) is 3.49. The van der Waals surface area contributed by atoms with Gasteiger partial charge in [-0.15, -0.1) is 0 Å². The van der Waals surface area contributed by atoms with E-state index in [9.17, 15) is 4.79 Å². The Labute approximate surface area is 108 Å². The molecule has 2 aromatic carbocycles. The van der Waals surface area contributed by atoms with Crippen LogP contribution in [0.15, 0.2) is 64.1 Å². The average Bonchev–Trinajstić information content (AvgIpc) is 2.47. The summed E-state index contributed by atoms with van der Waals surface area (Å²) in [5.41, 5.74) is 0.310. The van der Waals surface area contributed by atoms with Crippen LogP contribution in [0.1, 0.15) is 0 Å². The molecule has 4 rings (SSSR count). The van der Waals surface area contributed by atoms with Crippen molar-refractivity contribution in [1.29, 1.82) is 0 Å². The predicted molar refractivity (Wildman–Crippen MR) is 75.3 cm³/mol. The maximum Gasteiger partial charge on any atom is 0.344 e. The molecule has 0 saturated heterocycles. The summed E-state index contributed by atoms with van der Waals surface area (Å²) in [4.78, 5) is 16.1. The second-order valence-electron chi connectivity index (χ2n) is 4.47. The Bertz CT molecular complexity index is 986. The van der Waals surface area contributed by atoms with Crippen LogP contribution < -0.4 is 5.63 Å². The van der Waals surface area contributed by atoms with Gasteiger partial charge in [0, 0.05) is 28.6 Å². The number of pyridine rings is 1. The zero-order chi connectivity index (χ0) is 12.8. The highest BCUT2D eigenvalue weighted by molar-refractivity contribution is 6.13. The van der Waals surface area contributed by atoms with Crippen LogP contribution in [0.3, 0.4) is 0 Å². The number of aromatic nitrogens is 1. The molecule has 0 radical (unpaired) electrons. The largest absolute Gasteiger partial charge is 0.422 e. The standard InChI is InChI=1S/C16H9NO2/c18-16-13-7-8-17-9-14(13)12-6-5-10-3-1-2-4-11(10)15(12)19-16/h1-9H. The maximum absolute atomic E-state index is 12.0. The van der Waals surface area contributed by atoms with Crippen molar-refractivity contribution < 1.29 is 4.42 Å². The SMILES string of the molecule is O=c1oc2c3ccccc3ccc2c2cnccc12. The summed E-state index contributed by atoms with van der Waals surface area (Å²) in [6.07, 6.45) is 3.31. The first-order valence-electron chi connectivity index (χ1n) is 6.03. The molecule has 2 aromatic heterocycles. The highest BCUT2D eigenvalue weighted by Crippen LogP contribution is 2.28. The van der Waals surface area contributed by atoms with E-state index in [2.05, 4.69) is 4.98 Å². The summed E-state index contributed by atoms with van der Waals surface area (Å²) in [6.45, 7) is 0. The molecule has 0 N–H and O–H groups in total. The molecule has 0 spiro atoms. The number of hydrogen-bond donors (Lipinski definition) is 0. The summed E-state index contributed by atoms with van der Waals surface area (Å²) >= 11 is 0. The average molecular weight is 247 g/mol. The minimum absolute atomic E-state index is 0.318. The monoisotopic (exact) mass is 247 g/mol. The minimum Gasteiger partial charge on any atom is -0.422 e. The van der Waals surface area contributed by atoms with Crippen LogP contribution >= 0.6 is 0 Å². The van der Waals surface area contributed by atoms with Crippen molar-refractivity contribution in [2.75, 3.05) is 0 Å². The van der Waals surface area contributed by atoms with Crippen molar-refractivity contribution in [3.8, 4) is 0 Å². The molecule has 0 unspecified atom stereocenters. The Hall–Kier alpha value is -2.68. The summed E-state index contributed by atoms with van der Waals surface area (Å²) in [7, 11) is 0. The van der Waals surface area contributed by atoms with Crippen LogP contribution in [0.4, 0.5) is 0 Å². The van der Waals surface area contributed by atoms with Gasteiger partial charge in [-0.1, -0.05) is 30.3 Å². The zero-order valence-corrected chi connectivity index (χ0v) is 9.96. The van der Waals surface area contributed by atoms with Crippen LogP contribution in [0.5, 0.6) is 0 Å². The minimum atomic E-state index is -0.318. The highest BCUT2D eigenvalue weighted by atomic mass is 16.4. The molecule has 3 heteroatoms. The first-order chi connectivity index (χ1) is 9.34. The van der Waals surface area contributed by atoms with Crippen LogP contribution in [0.2, 0.25) is 0 Å². The Morgan fingerprint density at radius 3 is 2.68 bits per heavy atom. The maximum atomic E-state index is 12.0. The summed E-state index contributed by atoms with van der Waals surface area (Å²) < 4.78 is 5.50. The number of nitrogens with zero attached hydrogens (tertiary/aromatic N) is 1. The molecule has 0 atom stereocenters. The van der Waals surface area contributed by atoms with Gasteiger partial charge in [-0.3, -0.25) is 4.98 Å². The molecule has 0 fully saturated rings. The van der Waals surface area contributed by atoms with E-state index in [0.717, 1.165) is 21.5 Å². The third-order valence-corrected chi connectivity index (χ3v) is 3.41. The van der Waals surface area contributed by atoms with E-state index in [1.807, 2.05) is 36.4 Å². The van der Waals surface area contributed by atoms with E-state index >= 15 is 0 Å². The lowest BCUT2D eigenvalue weighted by Gasteiger charge is -2.04. The van der Waals surface area contributed by atoms with Crippen LogP contribution in [-0.2, 0) is 0 Å². The van der Waals surface area contributed by atoms with E-state index in [1.54, 1.807) is 18.5 Å². The molecule has 2 heterocycles. The lowest BCUT2D eigenvalue weighted by atomic mass is 10.0. The first kappa shape index (κ1) is 10.3. The van der Waals surface area contributed by atoms with E-state index in [1.165, 1.54) is 0 Å². The van der Waals surface area contributed by atoms with Gasteiger partial charge in [-0.2, -0.15) is 0 Å². The van der Waals surface area contributed by atoms with Crippen LogP contribution in [-0.4, -0.2) is 4.98 Å². The molecule has 3 nitrogen and oxygen atoms in total. The Kier molecular flexibility index (Phi) is 1.97. The summed E-state index contributed by atoms with van der Waals surface area (Å²) in [5.74, 6) is 0. The second kappa shape index (κ2) is 3.65. The molecule has 4 aromatic rings. The fraction of sp³-hybridized carbons (Fsp3) is 0. The smallest absolute Gasteiger partial charge is 0.344 e. The fourth-order valence-corrected chi connectivity index (χ4v) is 2.50. The first-order valence-corrected chi connectivity index (χ1v) is 6.03. The quantitative estimate of drug-likeness (QED) is 0.353. The van der Waals surface area contributed by atoms with Crippen molar-refractivity contribution in [2.24, 2.45) is 0 Å². The lowest BCUT2D eigenvalue weighted by molar-refractivity contribution is 0.573.